The zero-order valence-corrected chi connectivity index (χ0v) is 14.1. The topological polar surface area (TPSA) is 60.2 Å². The molecule has 0 amide bonds. The van der Waals surface area contributed by atoms with Gasteiger partial charge in [0.2, 0.25) is 0 Å². The largest absolute Gasteiger partial charge is 0.360 e. The van der Waals surface area contributed by atoms with Gasteiger partial charge in [-0.05, 0) is 25.0 Å². The van der Waals surface area contributed by atoms with Crippen LogP contribution in [0.1, 0.15) is 46.0 Å². The SMILES string of the molecule is CS(=O)Cc1c(Cl)ccc(C(=O)c2cnoc2C2CC2)c1Cl. The van der Waals surface area contributed by atoms with E-state index in [1.165, 1.54) is 6.20 Å². The van der Waals surface area contributed by atoms with Crippen LogP contribution in [0.3, 0.4) is 0 Å². The van der Waals surface area contributed by atoms with Crippen molar-refractivity contribution in [2.24, 2.45) is 0 Å². The van der Waals surface area contributed by atoms with Crippen molar-refractivity contribution in [3.8, 4) is 0 Å². The zero-order chi connectivity index (χ0) is 15.9. The van der Waals surface area contributed by atoms with E-state index in [1.807, 2.05) is 0 Å². The van der Waals surface area contributed by atoms with Crippen molar-refractivity contribution in [3.63, 3.8) is 0 Å². The van der Waals surface area contributed by atoms with Crippen molar-refractivity contribution in [2.75, 3.05) is 6.26 Å². The number of aromatic nitrogens is 1. The summed E-state index contributed by atoms with van der Waals surface area (Å²) in [6.07, 6.45) is 5.00. The van der Waals surface area contributed by atoms with Crippen LogP contribution in [0.5, 0.6) is 0 Å². The fourth-order valence-corrected chi connectivity index (χ4v) is 3.77. The van der Waals surface area contributed by atoms with Gasteiger partial charge in [0.1, 0.15) is 0 Å². The van der Waals surface area contributed by atoms with Crippen LogP contribution in [0.2, 0.25) is 10.0 Å². The highest BCUT2D eigenvalue weighted by molar-refractivity contribution is 7.83. The highest BCUT2D eigenvalue weighted by Crippen LogP contribution is 2.42. The maximum atomic E-state index is 12.7. The minimum atomic E-state index is -1.11. The normalized spacial score (nSPS) is 15.8. The smallest absolute Gasteiger partial charge is 0.199 e. The average Bonchev–Trinajstić information content (AvgIpc) is 3.20. The van der Waals surface area contributed by atoms with E-state index in [-0.39, 0.29) is 22.5 Å². The summed E-state index contributed by atoms with van der Waals surface area (Å²) in [6.45, 7) is 0. The summed E-state index contributed by atoms with van der Waals surface area (Å²) in [5, 5.41) is 4.39. The second-order valence-corrected chi connectivity index (χ2v) is 7.53. The van der Waals surface area contributed by atoms with Gasteiger partial charge >= 0.3 is 0 Å². The van der Waals surface area contributed by atoms with E-state index in [4.69, 9.17) is 27.7 Å². The van der Waals surface area contributed by atoms with Crippen LogP contribution < -0.4 is 0 Å². The molecule has 1 atom stereocenters. The first-order valence-electron chi connectivity index (χ1n) is 6.75. The molecule has 1 aromatic carbocycles. The standard InChI is InChI=1S/C15H13Cl2NO3S/c1-22(20)7-11-12(16)5-4-9(13(11)17)14(19)10-6-18-21-15(10)8-2-3-8/h4-6,8H,2-3,7H2,1H3. The lowest BCUT2D eigenvalue weighted by Gasteiger charge is -2.10. The minimum absolute atomic E-state index is 0.206. The van der Waals surface area contributed by atoms with Crippen LogP contribution in [0.25, 0.3) is 0 Å². The molecule has 0 saturated heterocycles. The Hall–Kier alpha value is -1.17. The summed E-state index contributed by atoms with van der Waals surface area (Å²) >= 11 is 12.4. The van der Waals surface area contributed by atoms with E-state index in [0.717, 1.165) is 12.8 Å². The molecule has 0 N–H and O–H groups in total. The minimum Gasteiger partial charge on any atom is -0.360 e. The van der Waals surface area contributed by atoms with Crippen molar-refractivity contribution in [1.29, 1.82) is 0 Å². The van der Waals surface area contributed by atoms with Gasteiger partial charge in [0.05, 0.1) is 22.5 Å². The van der Waals surface area contributed by atoms with E-state index in [2.05, 4.69) is 5.16 Å². The fraction of sp³-hybridized carbons (Fsp3) is 0.333. The van der Waals surface area contributed by atoms with Crippen LogP contribution in [-0.4, -0.2) is 21.4 Å². The first-order chi connectivity index (χ1) is 10.5. The molecule has 7 heteroatoms. The predicted molar refractivity (Wildman–Crippen MR) is 86.1 cm³/mol. The molecule has 4 nitrogen and oxygen atoms in total. The van der Waals surface area contributed by atoms with Gasteiger partial charge in [-0.25, -0.2) is 0 Å². The molecular weight excluding hydrogens is 345 g/mol. The van der Waals surface area contributed by atoms with Crippen LogP contribution in [0, 0.1) is 0 Å². The summed E-state index contributed by atoms with van der Waals surface area (Å²) in [5.74, 6) is 0.859. The van der Waals surface area contributed by atoms with E-state index < -0.39 is 10.8 Å². The Morgan fingerprint density at radius 2 is 2.09 bits per heavy atom. The Kier molecular flexibility index (Phi) is 4.39. The van der Waals surface area contributed by atoms with Gasteiger partial charge in [-0.15, -0.1) is 0 Å². The molecule has 3 rings (SSSR count). The van der Waals surface area contributed by atoms with Gasteiger partial charge in [0, 0.05) is 39.1 Å². The lowest BCUT2D eigenvalue weighted by molar-refractivity contribution is 0.103. The van der Waals surface area contributed by atoms with Gasteiger partial charge in [0.15, 0.2) is 11.5 Å². The molecule has 0 radical (unpaired) electrons. The molecule has 2 aromatic rings. The summed E-state index contributed by atoms with van der Waals surface area (Å²) in [7, 11) is -1.11. The summed E-state index contributed by atoms with van der Waals surface area (Å²) in [5.41, 5.74) is 1.30. The Bertz CT molecular complexity index is 768. The van der Waals surface area contributed by atoms with Crippen molar-refractivity contribution < 1.29 is 13.5 Å². The van der Waals surface area contributed by atoms with Crippen molar-refractivity contribution in [2.45, 2.75) is 24.5 Å². The van der Waals surface area contributed by atoms with Crippen LogP contribution in [-0.2, 0) is 16.6 Å². The molecule has 1 aliphatic rings. The Balaban J connectivity index is 2.02. The van der Waals surface area contributed by atoms with E-state index in [9.17, 15) is 9.00 Å². The van der Waals surface area contributed by atoms with Crippen LogP contribution in [0.4, 0.5) is 0 Å². The summed E-state index contributed by atoms with van der Waals surface area (Å²) < 4.78 is 16.7. The second kappa shape index (κ2) is 6.14. The van der Waals surface area contributed by atoms with Crippen molar-refractivity contribution >= 4 is 39.8 Å². The third kappa shape index (κ3) is 2.98. The molecule has 0 bridgehead atoms. The Labute approximate surface area is 140 Å². The number of hydrogen-bond acceptors (Lipinski definition) is 4. The number of hydrogen-bond donors (Lipinski definition) is 0. The van der Waals surface area contributed by atoms with Crippen molar-refractivity contribution in [3.05, 3.63) is 50.8 Å². The highest BCUT2D eigenvalue weighted by atomic mass is 35.5. The summed E-state index contributed by atoms with van der Waals surface area (Å²) in [4.78, 5) is 12.7. The molecule has 0 spiro atoms. The molecule has 1 heterocycles. The Morgan fingerprint density at radius 3 is 2.73 bits per heavy atom. The number of halogens is 2. The number of ketones is 1. The molecule has 1 aromatic heterocycles. The lowest BCUT2D eigenvalue weighted by atomic mass is 10.0. The van der Waals surface area contributed by atoms with Crippen molar-refractivity contribution in [1.82, 2.24) is 5.16 Å². The third-order valence-electron chi connectivity index (χ3n) is 3.57. The summed E-state index contributed by atoms with van der Waals surface area (Å²) in [6, 6.07) is 3.19. The third-order valence-corrected chi connectivity index (χ3v) is 5.05. The van der Waals surface area contributed by atoms with Gasteiger partial charge in [-0.3, -0.25) is 9.00 Å². The molecule has 1 saturated carbocycles. The van der Waals surface area contributed by atoms with Gasteiger partial charge in [-0.2, -0.15) is 0 Å². The molecule has 22 heavy (non-hydrogen) atoms. The van der Waals surface area contributed by atoms with Gasteiger partial charge < -0.3 is 4.52 Å². The van der Waals surface area contributed by atoms with E-state index in [0.29, 0.717) is 27.5 Å². The number of nitrogens with zero attached hydrogens (tertiary/aromatic N) is 1. The molecule has 1 unspecified atom stereocenters. The maximum Gasteiger partial charge on any atom is 0.199 e. The molecule has 0 aliphatic heterocycles. The lowest BCUT2D eigenvalue weighted by Crippen LogP contribution is -2.06. The number of carbonyl (C=O) groups is 1. The number of carbonyl (C=O) groups excluding carboxylic acids is 1. The molecule has 1 fully saturated rings. The zero-order valence-electron chi connectivity index (χ0n) is 11.8. The average molecular weight is 358 g/mol. The predicted octanol–water partition coefficient (Wildman–Crippen LogP) is 3.97. The first-order valence-corrected chi connectivity index (χ1v) is 9.23. The van der Waals surface area contributed by atoms with E-state index >= 15 is 0 Å². The molecular formula is C15H13Cl2NO3S. The number of benzene rings is 1. The first kappa shape index (κ1) is 15.7. The quantitative estimate of drug-likeness (QED) is 0.759. The van der Waals surface area contributed by atoms with E-state index in [1.54, 1.807) is 18.4 Å². The second-order valence-electron chi connectivity index (χ2n) is 5.31. The fourth-order valence-electron chi connectivity index (χ4n) is 2.31. The van der Waals surface area contributed by atoms with Crippen LogP contribution in [0.15, 0.2) is 22.9 Å². The van der Waals surface area contributed by atoms with Crippen LogP contribution >= 0.6 is 23.2 Å². The van der Waals surface area contributed by atoms with Gasteiger partial charge in [0.25, 0.3) is 0 Å². The molecule has 1 aliphatic carbocycles. The number of rotatable bonds is 5. The monoisotopic (exact) mass is 357 g/mol. The Morgan fingerprint density at radius 1 is 1.36 bits per heavy atom. The molecule has 116 valence electrons. The maximum absolute atomic E-state index is 12.7. The van der Waals surface area contributed by atoms with Gasteiger partial charge in [-0.1, -0.05) is 28.4 Å². The highest BCUT2D eigenvalue weighted by Gasteiger charge is 2.33.